The van der Waals surface area contributed by atoms with E-state index >= 15 is 0 Å². The highest BCUT2D eigenvalue weighted by molar-refractivity contribution is 5.35. The van der Waals surface area contributed by atoms with Gasteiger partial charge >= 0.3 is 0 Å². The first kappa shape index (κ1) is 8.63. The van der Waals surface area contributed by atoms with Gasteiger partial charge in [-0.05, 0) is 6.07 Å². The van der Waals surface area contributed by atoms with E-state index in [-0.39, 0.29) is 6.23 Å². The van der Waals surface area contributed by atoms with Crippen molar-refractivity contribution >= 4 is 5.82 Å². The second-order valence-electron chi connectivity index (χ2n) is 3.07. The molecule has 2 rings (SSSR count). The number of nitrogens with two attached hydrogens (primary N) is 1. The van der Waals surface area contributed by atoms with Crippen LogP contribution in [0.5, 0.6) is 5.75 Å². The van der Waals surface area contributed by atoms with Crippen LogP contribution in [0.1, 0.15) is 6.42 Å². The van der Waals surface area contributed by atoms with Crippen molar-refractivity contribution in [1.29, 1.82) is 5.26 Å². The first-order valence-corrected chi connectivity index (χ1v) is 4.34. The molecule has 0 radical (unpaired) electrons. The van der Waals surface area contributed by atoms with E-state index in [0.717, 1.165) is 13.0 Å². The molecule has 1 fully saturated rings. The van der Waals surface area contributed by atoms with Crippen molar-refractivity contribution in [2.24, 2.45) is 0 Å². The molecule has 0 saturated carbocycles. The van der Waals surface area contributed by atoms with Crippen molar-refractivity contribution in [3.63, 3.8) is 0 Å². The van der Waals surface area contributed by atoms with Gasteiger partial charge in [0.2, 0.25) is 0 Å². The van der Waals surface area contributed by atoms with E-state index in [1.807, 2.05) is 6.19 Å². The topological polar surface area (TPSA) is 75.2 Å². The van der Waals surface area contributed by atoms with Crippen LogP contribution in [-0.4, -0.2) is 22.7 Å². The first-order chi connectivity index (χ1) is 6.79. The Morgan fingerprint density at radius 1 is 1.71 bits per heavy atom. The van der Waals surface area contributed by atoms with Crippen LogP contribution in [0, 0.1) is 11.5 Å². The Bertz CT molecular complexity index is 373. The molecule has 0 amide bonds. The van der Waals surface area contributed by atoms with Gasteiger partial charge in [-0.2, -0.15) is 5.26 Å². The van der Waals surface area contributed by atoms with Gasteiger partial charge < -0.3 is 10.5 Å². The van der Waals surface area contributed by atoms with Crippen molar-refractivity contribution in [2.75, 3.05) is 12.3 Å². The summed E-state index contributed by atoms with van der Waals surface area (Å²) in [6.07, 6.45) is 4.36. The molecule has 2 N–H and O–H groups in total. The fraction of sp³-hybridized carbons (Fsp3) is 0.333. The van der Waals surface area contributed by atoms with Crippen LogP contribution in [0.15, 0.2) is 18.3 Å². The largest absolute Gasteiger partial charge is 0.470 e. The van der Waals surface area contributed by atoms with Crippen molar-refractivity contribution in [3.05, 3.63) is 18.3 Å². The Hall–Kier alpha value is -1.96. The highest BCUT2D eigenvalue weighted by Crippen LogP contribution is 2.21. The summed E-state index contributed by atoms with van der Waals surface area (Å²) in [7, 11) is 0. The lowest BCUT2D eigenvalue weighted by atomic mass is 10.2. The molecular weight excluding hydrogens is 180 g/mol. The van der Waals surface area contributed by atoms with Crippen molar-refractivity contribution in [3.8, 4) is 11.9 Å². The number of rotatable bonds is 2. The van der Waals surface area contributed by atoms with Crippen LogP contribution in [0.25, 0.3) is 0 Å². The number of nitrogen functional groups attached to an aromatic ring is 1. The zero-order valence-corrected chi connectivity index (χ0v) is 7.55. The number of hydrogen-bond donors (Lipinski definition) is 1. The van der Waals surface area contributed by atoms with Gasteiger partial charge in [-0.3, -0.25) is 4.90 Å². The smallest absolute Gasteiger partial charge is 0.182 e. The molecule has 2 heterocycles. The molecule has 0 aliphatic carbocycles. The van der Waals surface area contributed by atoms with Gasteiger partial charge in [0.15, 0.2) is 12.4 Å². The summed E-state index contributed by atoms with van der Waals surface area (Å²) < 4.78 is 5.52. The third-order valence-corrected chi connectivity index (χ3v) is 2.12. The number of anilines is 1. The normalized spacial score (nSPS) is 19.6. The second kappa shape index (κ2) is 3.42. The third kappa shape index (κ3) is 1.55. The minimum atomic E-state index is -0.137. The van der Waals surface area contributed by atoms with E-state index in [4.69, 9.17) is 15.7 Å². The SMILES string of the molecule is N#CN1CCC1Oc1ccnc(N)c1. The summed E-state index contributed by atoms with van der Waals surface area (Å²) in [5.74, 6) is 1.08. The lowest BCUT2D eigenvalue weighted by Gasteiger charge is -2.35. The Balaban J connectivity index is 2.01. The zero-order valence-electron chi connectivity index (χ0n) is 7.55. The highest BCUT2D eigenvalue weighted by atomic mass is 16.5. The molecule has 5 heteroatoms. The van der Waals surface area contributed by atoms with E-state index in [1.165, 1.54) is 0 Å². The van der Waals surface area contributed by atoms with Crippen LogP contribution in [0.4, 0.5) is 5.82 Å². The Morgan fingerprint density at radius 3 is 3.14 bits per heavy atom. The van der Waals surface area contributed by atoms with Crippen LogP contribution < -0.4 is 10.5 Å². The van der Waals surface area contributed by atoms with Gasteiger partial charge in [-0.25, -0.2) is 4.98 Å². The zero-order chi connectivity index (χ0) is 9.97. The first-order valence-electron chi connectivity index (χ1n) is 4.34. The van der Waals surface area contributed by atoms with E-state index < -0.39 is 0 Å². The summed E-state index contributed by atoms with van der Waals surface area (Å²) in [5.41, 5.74) is 5.49. The average molecular weight is 190 g/mol. The molecule has 1 atom stereocenters. The molecule has 0 bridgehead atoms. The van der Waals surface area contributed by atoms with Crippen molar-refractivity contribution < 1.29 is 4.74 Å². The molecule has 14 heavy (non-hydrogen) atoms. The Morgan fingerprint density at radius 2 is 2.57 bits per heavy atom. The van der Waals surface area contributed by atoms with Gasteiger partial charge in [-0.15, -0.1) is 0 Å². The predicted molar refractivity (Wildman–Crippen MR) is 50.0 cm³/mol. The fourth-order valence-electron chi connectivity index (χ4n) is 1.26. The Labute approximate surface area is 81.7 Å². The van der Waals surface area contributed by atoms with Crippen LogP contribution >= 0.6 is 0 Å². The predicted octanol–water partition coefficient (Wildman–Crippen LogP) is 0.555. The van der Waals surface area contributed by atoms with E-state index in [2.05, 4.69) is 4.98 Å². The molecule has 0 aromatic carbocycles. The lowest BCUT2D eigenvalue weighted by Crippen LogP contribution is -2.47. The summed E-state index contributed by atoms with van der Waals surface area (Å²) >= 11 is 0. The highest BCUT2D eigenvalue weighted by Gasteiger charge is 2.28. The number of nitriles is 1. The van der Waals surface area contributed by atoms with E-state index in [9.17, 15) is 0 Å². The van der Waals surface area contributed by atoms with Crippen LogP contribution in [0.3, 0.4) is 0 Å². The molecule has 72 valence electrons. The lowest BCUT2D eigenvalue weighted by molar-refractivity contribution is -0.0121. The number of hydrogen-bond acceptors (Lipinski definition) is 5. The summed E-state index contributed by atoms with van der Waals surface area (Å²) in [6, 6.07) is 3.37. The molecule has 1 aromatic heterocycles. The molecule has 1 aliphatic heterocycles. The monoisotopic (exact) mass is 190 g/mol. The van der Waals surface area contributed by atoms with Gasteiger partial charge in [0.25, 0.3) is 0 Å². The summed E-state index contributed by atoms with van der Waals surface area (Å²) in [5, 5.41) is 8.65. The van der Waals surface area contributed by atoms with Gasteiger partial charge in [0.1, 0.15) is 11.6 Å². The van der Waals surface area contributed by atoms with Gasteiger partial charge in [-0.1, -0.05) is 0 Å². The van der Waals surface area contributed by atoms with E-state index in [0.29, 0.717) is 11.6 Å². The maximum atomic E-state index is 8.65. The molecule has 1 aliphatic rings. The number of likely N-dealkylation sites (tertiary alicyclic amines) is 1. The van der Waals surface area contributed by atoms with Crippen molar-refractivity contribution in [2.45, 2.75) is 12.6 Å². The summed E-state index contributed by atoms with van der Waals surface area (Å²) in [6.45, 7) is 0.766. The van der Waals surface area contributed by atoms with Gasteiger partial charge in [0.05, 0.1) is 0 Å². The van der Waals surface area contributed by atoms with E-state index in [1.54, 1.807) is 23.2 Å². The molecule has 1 unspecified atom stereocenters. The molecule has 5 nitrogen and oxygen atoms in total. The average Bonchev–Trinajstić information content (AvgIpc) is 2.14. The number of ether oxygens (including phenoxy) is 1. The fourth-order valence-corrected chi connectivity index (χ4v) is 1.26. The second-order valence-corrected chi connectivity index (χ2v) is 3.07. The minimum Gasteiger partial charge on any atom is -0.470 e. The molecule has 1 saturated heterocycles. The number of pyridine rings is 1. The molecule has 0 spiro atoms. The molecular formula is C9H10N4O. The van der Waals surface area contributed by atoms with Gasteiger partial charge in [0, 0.05) is 25.2 Å². The quantitative estimate of drug-likeness (QED) is 0.689. The third-order valence-electron chi connectivity index (χ3n) is 2.12. The van der Waals surface area contributed by atoms with Crippen molar-refractivity contribution in [1.82, 2.24) is 9.88 Å². The number of nitrogens with zero attached hydrogens (tertiary/aromatic N) is 3. The standard InChI is InChI=1S/C9H10N4O/c10-6-13-4-2-9(13)14-7-1-3-12-8(11)5-7/h1,3,5,9H,2,4H2,(H2,11,12). The van der Waals surface area contributed by atoms with Crippen LogP contribution in [-0.2, 0) is 0 Å². The van der Waals surface area contributed by atoms with Crippen LogP contribution in [0.2, 0.25) is 0 Å². The number of aromatic nitrogens is 1. The minimum absolute atomic E-state index is 0.137. The maximum absolute atomic E-state index is 8.65. The molecule has 1 aromatic rings. The Kier molecular flexibility index (Phi) is 2.11. The maximum Gasteiger partial charge on any atom is 0.182 e. The summed E-state index contributed by atoms with van der Waals surface area (Å²) in [4.78, 5) is 5.43.